The quantitative estimate of drug-likeness (QED) is 0.718. The molecule has 0 aliphatic carbocycles. The minimum absolute atomic E-state index is 0.105. The molecule has 0 radical (unpaired) electrons. The summed E-state index contributed by atoms with van der Waals surface area (Å²) in [7, 11) is 0. The number of esters is 1. The summed E-state index contributed by atoms with van der Waals surface area (Å²) in [5.74, 6) is -2.86. The lowest BCUT2D eigenvalue weighted by Gasteiger charge is -2.49. The third kappa shape index (κ3) is 6.67. The van der Waals surface area contributed by atoms with Crippen molar-refractivity contribution in [3.05, 3.63) is 35.4 Å². The first-order valence-electron chi connectivity index (χ1n) is 10.5. The molecule has 0 atom stereocenters. The number of rotatable bonds is 4. The van der Waals surface area contributed by atoms with E-state index < -0.39 is 12.1 Å². The molecule has 3 rings (SSSR count). The number of likely N-dealkylation sites (tertiary alicyclic amines) is 1. The highest BCUT2D eigenvalue weighted by Gasteiger charge is 2.42. The van der Waals surface area contributed by atoms with Gasteiger partial charge in [0.15, 0.2) is 0 Å². The van der Waals surface area contributed by atoms with E-state index >= 15 is 0 Å². The zero-order valence-corrected chi connectivity index (χ0v) is 18.2. The van der Waals surface area contributed by atoms with Gasteiger partial charge in [-0.25, -0.2) is 4.79 Å². The second-order valence-electron chi connectivity index (χ2n) is 8.32. The number of carboxylic acid groups (broad SMARTS) is 1. The van der Waals surface area contributed by atoms with Crippen LogP contribution in [-0.4, -0.2) is 71.8 Å². The molecule has 1 N–H and O–H groups in total. The number of carbonyl (C=O) groups excluding carboxylic acids is 1. The standard InChI is InChI=1S/C20H30N2O2.C2HF3O2/c1-4-24-19(23)14-21-13-17-7-5-6-8-18(17)20(15-21)9-11-22(12-10-20)16(2)3;3-2(4,5)1(6)7/h5-8,16H,4,9-15H2,1-3H3;(H,6,7). The minimum atomic E-state index is -5.08. The molecule has 0 unspecified atom stereocenters. The number of hydrogen-bond donors (Lipinski definition) is 1. The SMILES string of the molecule is CCOC(=O)CN1Cc2ccccc2C2(CCN(C(C)C)CC2)C1.O=C(O)C(F)(F)F. The number of benzene rings is 1. The number of piperidine rings is 1. The van der Waals surface area contributed by atoms with Crippen LogP contribution in [0.2, 0.25) is 0 Å². The molecule has 0 amide bonds. The van der Waals surface area contributed by atoms with E-state index in [1.54, 1.807) is 0 Å². The second kappa shape index (κ2) is 10.5. The Labute approximate surface area is 181 Å². The van der Waals surface area contributed by atoms with Gasteiger partial charge in [-0.05, 0) is 57.8 Å². The highest BCUT2D eigenvalue weighted by Crippen LogP contribution is 2.42. The van der Waals surface area contributed by atoms with E-state index in [9.17, 15) is 18.0 Å². The molecule has 31 heavy (non-hydrogen) atoms. The summed E-state index contributed by atoms with van der Waals surface area (Å²) in [6, 6.07) is 9.42. The molecule has 1 aromatic rings. The Morgan fingerprint density at radius 3 is 2.29 bits per heavy atom. The van der Waals surface area contributed by atoms with Crippen molar-refractivity contribution in [2.45, 2.75) is 57.8 Å². The van der Waals surface area contributed by atoms with Gasteiger partial charge in [0.1, 0.15) is 0 Å². The lowest BCUT2D eigenvalue weighted by molar-refractivity contribution is -0.192. The lowest BCUT2D eigenvalue weighted by Crippen LogP contribution is -2.53. The maximum Gasteiger partial charge on any atom is 0.490 e. The number of aliphatic carboxylic acids is 1. The van der Waals surface area contributed by atoms with Crippen LogP contribution < -0.4 is 0 Å². The average Bonchev–Trinajstić information content (AvgIpc) is 2.68. The third-order valence-electron chi connectivity index (χ3n) is 5.89. The highest BCUT2D eigenvalue weighted by molar-refractivity contribution is 5.73. The number of carboxylic acids is 1. The predicted octanol–water partition coefficient (Wildman–Crippen LogP) is 3.44. The summed E-state index contributed by atoms with van der Waals surface area (Å²) in [6.45, 7) is 11.4. The van der Waals surface area contributed by atoms with Gasteiger partial charge in [0, 0.05) is 24.5 Å². The Bertz CT molecular complexity index is 759. The van der Waals surface area contributed by atoms with Crippen LogP contribution in [0.15, 0.2) is 24.3 Å². The normalized spacial score (nSPS) is 18.8. The zero-order chi connectivity index (χ0) is 23.2. The van der Waals surface area contributed by atoms with Crippen LogP contribution in [-0.2, 0) is 26.3 Å². The topological polar surface area (TPSA) is 70.1 Å². The third-order valence-corrected chi connectivity index (χ3v) is 5.89. The van der Waals surface area contributed by atoms with Gasteiger partial charge in [-0.15, -0.1) is 0 Å². The predicted molar refractivity (Wildman–Crippen MR) is 110 cm³/mol. The van der Waals surface area contributed by atoms with E-state index in [2.05, 4.69) is 47.9 Å². The van der Waals surface area contributed by atoms with E-state index in [-0.39, 0.29) is 11.4 Å². The molecule has 1 aromatic carbocycles. The van der Waals surface area contributed by atoms with Gasteiger partial charge < -0.3 is 14.7 Å². The van der Waals surface area contributed by atoms with Crippen LogP contribution in [0, 0.1) is 0 Å². The molecule has 2 heterocycles. The van der Waals surface area contributed by atoms with Crippen LogP contribution in [0.1, 0.15) is 44.7 Å². The molecule has 9 heteroatoms. The molecule has 6 nitrogen and oxygen atoms in total. The molecule has 2 aliphatic rings. The van der Waals surface area contributed by atoms with Gasteiger partial charge in [-0.1, -0.05) is 24.3 Å². The molecule has 0 aromatic heterocycles. The highest BCUT2D eigenvalue weighted by atomic mass is 19.4. The first kappa shape index (κ1) is 25.1. The smallest absolute Gasteiger partial charge is 0.475 e. The Kier molecular flexibility index (Phi) is 8.48. The number of carbonyl (C=O) groups is 2. The molecule has 0 saturated carbocycles. The van der Waals surface area contributed by atoms with Crippen molar-refractivity contribution in [2.75, 3.05) is 32.8 Å². The fourth-order valence-electron chi connectivity index (χ4n) is 4.38. The van der Waals surface area contributed by atoms with Crippen molar-refractivity contribution in [2.24, 2.45) is 0 Å². The zero-order valence-electron chi connectivity index (χ0n) is 18.2. The summed E-state index contributed by atoms with van der Waals surface area (Å²) in [5.41, 5.74) is 3.08. The fourth-order valence-corrected chi connectivity index (χ4v) is 4.38. The van der Waals surface area contributed by atoms with Gasteiger partial charge in [-0.2, -0.15) is 13.2 Å². The number of alkyl halides is 3. The minimum Gasteiger partial charge on any atom is -0.475 e. The average molecular weight is 444 g/mol. The molecule has 1 fully saturated rings. The summed E-state index contributed by atoms with van der Waals surface area (Å²) in [6.07, 6.45) is -2.75. The summed E-state index contributed by atoms with van der Waals surface area (Å²) in [5, 5.41) is 7.12. The van der Waals surface area contributed by atoms with Crippen molar-refractivity contribution < 1.29 is 32.6 Å². The van der Waals surface area contributed by atoms with Crippen LogP contribution in [0.3, 0.4) is 0 Å². The maximum absolute atomic E-state index is 12.0. The van der Waals surface area contributed by atoms with Gasteiger partial charge in [0.05, 0.1) is 13.2 Å². The van der Waals surface area contributed by atoms with Crippen LogP contribution in [0.5, 0.6) is 0 Å². The summed E-state index contributed by atoms with van der Waals surface area (Å²) < 4.78 is 36.9. The largest absolute Gasteiger partial charge is 0.490 e. The first-order chi connectivity index (χ1) is 14.5. The maximum atomic E-state index is 12.0. The van der Waals surface area contributed by atoms with E-state index in [0.29, 0.717) is 19.2 Å². The Morgan fingerprint density at radius 2 is 1.77 bits per heavy atom. The van der Waals surface area contributed by atoms with Gasteiger partial charge >= 0.3 is 18.1 Å². The van der Waals surface area contributed by atoms with Crippen LogP contribution in [0.25, 0.3) is 0 Å². The number of hydrogen-bond acceptors (Lipinski definition) is 5. The van der Waals surface area contributed by atoms with Crippen molar-refractivity contribution >= 4 is 11.9 Å². The van der Waals surface area contributed by atoms with Crippen molar-refractivity contribution in [1.29, 1.82) is 0 Å². The van der Waals surface area contributed by atoms with E-state index in [4.69, 9.17) is 14.6 Å². The molecular formula is C22H31F3N2O4. The number of fused-ring (bicyclic) bond motifs is 2. The first-order valence-corrected chi connectivity index (χ1v) is 10.5. The molecule has 1 spiro atoms. The molecule has 174 valence electrons. The lowest BCUT2D eigenvalue weighted by atomic mass is 9.68. The van der Waals surface area contributed by atoms with Gasteiger partial charge in [0.2, 0.25) is 0 Å². The monoisotopic (exact) mass is 444 g/mol. The van der Waals surface area contributed by atoms with E-state index in [1.807, 2.05) is 6.92 Å². The van der Waals surface area contributed by atoms with Crippen molar-refractivity contribution in [3.8, 4) is 0 Å². The second-order valence-corrected chi connectivity index (χ2v) is 8.32. The molecule has 2 aliphatic heterocycles. The molecule has 1 saturated heterocycles. The summed E-state index contributed by atoms with van der Waals surface area (Å²) in [4.78, 5) is 25.7. The number of ether oxygens (including phenoxy) is 1. The Morgan fingerprint density at radius 1 is 1.19 bits per heavy atom. The van der Waals surface area contributed by atoms with E-state index in [1.165, 1.54) is 24.0 Å². The molecular weight excluding hydrogens is 413 g/mol. The van der Waals surface area contributed by atoms with Crippen molar-refractivity contribution in [3.63, 3.8) is 0 Å². The number of nitrogens with zero attached hydrogens (tertiary/aromatic N) is 2. The van der Waals surface area contributed by atoms with Crippen LogP contribution >= 0.6 is 0 Å². The molecule has 0 bridgehead atoms. The number of halogens is 3. The van der Waals surface area contributed by atoms with E-state index in [0.717, 1.165) is 26.2 Å². The Balaban J connectivity index is 0.000000423. The van der Waals surface area contributed by atoms with Crippen LogP contribution in [0.4, 0.5) is 13.2 Å². The van der Waals surface area contributed by atoms with Gasteiger partial charge in [-0.3, -0.25) is 9.69 Å². The summed E-state index contributed by atoms with van der Waals surface area (Å²) >= 11 is 0. The van der Waals surface area contributed by atoms with Gasteiger partial charge in [0.25, 0.3) is 0 Å². The van der Waals surface area contributed by atoms with Crippen molar-refractivity contribution in [1.82, 2.24) is 9.80 Å². The Hall–Kier alpha value is -2.13. The fraction of sp³-hybridized carbons (Fsp3) is 0.636.